The van der Waals surface area contributed by atoms with Crippen molar-refractivity contribution in [3.63, 3.8) is 0 Å². The SMILES string of the molecule is CCSCc1nnc(SCCC(=O)O)n1N. The van der Waals surface area contributed by atoms with E-state index in [2.05, 4.69) is 17.1 Å². The van der Waals surface area contributed by atoms with Crippen LogP contribution >= 0.6 is 23.5 Å². The van der Waals surface area contributed by atoms with E-state index in [1.165, 1.54) is 16.4 Å². The molecule has 3 N–H and O–H groups in total. The van der Waals surface area contributed by atoms with Crippen LogP contribution in [0.5, 0.6) is 0 Å². The van der Waals surface area contributed by atoms with Crippen molar-refractivity contribution in [2.75, 3.05) is 17.3 Å². The van der Waals surface area contributed by atoms with Gasteiger partial charge in [-0.05, 0) is 5.75 Å². The summed E-state index contributed by atoms with van der Waals surface area (Å²) < 4.78 is 1.43. The van der Waals surface area contributed by atoms with Crippen molar-refractivity contribution in [1.82, 2.24) is 14.9 Å². The summed E-state index contributed by atoms with van der Waals surface area (Å²) >= 11 is 3.01. The van der Waals surface area contributed by atoms with Crippen LogP contribution in [-0.4, -0.2) is 37.5 Å². The molecule has 0 atom stereocenters. The summed E-state index contributed by atoms with van der Waals surface area (Å²) in [5.74, 6) is 7.83. The lowest BCUT2D eigenvalue weighted by molar-refractivity contribution is -0.136. The van der Waals surface area contributed by atoms with Crippen LogP contribution in [0, 0.1) is 0 Å². The molecule has 0 spiro atoms. The summed E-state index contributed by atoms with van der Waals surface area (Å²) in [7, 11) is 0. The van der Waals surface area contributed by atoms with Gasteiger partial charge in [0.1, 0.15) is 0 Å². The monoisotopic (exact) mass is 262 g/mol. The van der Waals surface area contributed by atoms with Crippen LogP contribution in [-0.2, 0) is 10.5 Å². The van der Waals surface area contributed by atoms with E-state index in [0.717, 1.165) is 11.5 Å². The van der Waals surface area contributed by atoms with Gasteiger partial charge in [-0.15, -0.1) is 10.2 Å². The van der Waals surface area contributed by atoms with Crippen molar-refractivity contribution < 1.29 is 9.90 Å². The standard InChI is InChI=1S/C8H14N4O2S2/c1-2-15-5-6-10-11-8(12(6)9)16-4-3-7(13)14/h2-5,9H2,1H3,(H,13,14). The van der Waals surface area contributed by atoms with Gasteiger partial charge in [-0.1, -0.05) is 18.7 Å². The van der Waals surface area contributed by atoms with Gasteiger partial charge >= 0.3 is 5.97 Å². The fourth-order valence-electron chi connectivity index (χ4n) is 0.927. The first-order valence-electron chi connectivity index (χ1n) is 4.76. The molecule has 1 heterocycles. The molecule has 0 aliphatic rings. The third-order valence-corrected chi connectivity index (χ3v) is 3.53. The van der Waals surface area contributed by atoms with Crippen LogP contribution in [0.15, 0.2) is 5.16 Å². The van der Waals surface area contributed by atoms with Crippen molar-refractivity contribution in [3.8, 4) is 0 Å². The number of carboxylic acid groups (broad SMARTS) is 1. The van der Waals surface area contributed by atoms with E-state index >= 15 is 0 Å². The molecule has 1 aromatic heterocycles. The second-order valence-electron chi connectivity index (χ2n) is 2.90. The molecule has 1 rings (SSSR count). The van der Waals surface area contributed by atoms with Gasteiger partial charge in [0.2, 0.25) is 5.16 Å². The smallest absolute Gasteiger partial charge is 0.304 e. The molecule has 0 aliphatic heterocycles. The average molecular weight is 262 g/mol. The number of hydrogen-bond acceptors (Lipinski definition) is 6. The molecule has 6 nitrogen and oxygen atoms in total. The Morgan fingerprint density at radius 2 is 2.31 bits per heavy atom. The average Bonchev–Trinajstić information content (AvgIpc) is 2.57. The van der Waals surface area contributed by atoms with Gasteiger partial charge < -0.3 is 10.9 Å². The number of nitrogen functional groups attached to an aromatic ring is 1. The van der Waals surface area contributed by atoms with Crippen LogP contribution in [0.1, 0.15) is 19.2 Å². The van der Waals surface area contributed by atoms with E-state index in [0.29, 0.717) is 16.7 Å². The number of aromatic nitrogens is 3. The Bertz CT molecular complexity index is 356. The van der Waals surface area contributed by atoms with Gasteiger partial charge in [0.25, 0.3) is 0 Å². The minimum Gasteiger partial charge on any atom is -0.481 e. The second kappa shape index (κ2) is 6.64. The Morgan fingerprint density at radius 3 is 2.94 bits per heavy atom. The molecule has 0 radical (unpaired) electrons. The number of hydrogen-bond donors (Lipinski definition) is 2. The maximum absolute atomic E-state index is 10.3. The fraction of sp³-hybridized carbons (Fsp3) is 0.625. The van der Waals surface area contributed by atoms with Gasteiger partial charge in [0.15, 0.2) is 5.82 Å². The third kappa shape index (κ3) is 3.93. The first-order valence-corrected chi connectivity index (χ1v) is 6.91. The molecular weight excluding hydrogens is 248 g/mol. The lowest BCUT2D eigenvalue weighted by Gasteiger charge is -2.01. The van der Waals surface area contributed by atoms with Crippen LogP contribution < -0.4 is 5.84 Å². The molecule has 0 fully saturated rings. The van der Waals surface area contributed by atoms with Gasteiger partial charge in [-0.2, -0.15) is 11.8 Å². The number of nitrogens with zero attached hydrogens (tertiary/aromatic N) is 3. The topological polar surface area (TPSA) is 94.0 Å². The first kappa shape index (κ1) is 13.2. The third-order valence-electron chi connectivity index (χ3n) is 1.72. The molecule has 90 valence electrons. The molecule has 0 bridgehead atoms. The summed E-state index contributed by atoms with van der Waals surface area (Å²) in [5, 5.41) is 16.9. The van der Waals surface area contributed by atoms with E-state index in [4.69, 9.17) is 10.9 Å². The first-order chi connectivity index (χ1) is 7.65. The number of thioether (sulfide) groups is 2. The van der Waals surface area contributed by atoms with Gasteiger partial charge in [-0.25, -0.2) is 4.68 Å². The number of carboxylic acids is 1. The molecule has 16 heavy (non-hydrogen) atoms. The molecule has 0 aromatic carbocycles. The van der Waals surface area contributed by atoms with Gasteiger partial charge in [0.05, 0.1) is 12.2 Å². The van der Waals surface area contributed by atoms with Gasteiger partial charge in [0, 0.05) is 5.75 Å². The van der Waals surface area contributed by atoms with Crippen molar-refractivity contribution >= 4 is 29.5 Å². The Labute approximate surface area is 102 Å². The van der Waals surface area contributed by atoms with Crippen LogP contribution in [0.4, 0.5) is 0 Å². The Balaban J connectivity index is 2.48. The highest BCUT2D eigenvalue weighted by Gasteiger charge is 2.10. The van der Waals surface area contributed by atoms with E-state index in [1.807, 2.05) is 0 Å². The van der Waals surface area contributed by atoms with Crippen LogP contribution in [0.3, 0.4) is 0 Å². The minimum absolute atomic E-state index is 0.0938. The number of carbonyl (C=O) groups is 1. The molecular formula is C8H14N4O2S2. The zero-order valence-electron chi connectivity index (χ0n) is 8.92. The predicted octanol–water partition coefficient (Wildman–Crippen LogP) is 0.812. The minimum atomic E-state index is -0.822. The summed E-state index contributed by atoms with van der Waals surface area (Å²) in [6, 6.07) is 0. The lowest BCUT2D eigenvalue weighted by atomic mass is 10.5. The summed E-state index contributed by atoms with van der Waals surface area (Å²) in [6.45, 7) is 2.06. The highest BCUT2D eigenvalue weighted by molar-refractivity contribution is 7.99. The van der Waals surface area contributed by atoms with Crippen LogP contribution in [0.25, 0.3) is 0 Å². The number of rotatable bonds is 7. The maximum Gasteiger partial charge on any atom is 0.304 e. The molecule has 1 aromatic rings. The Hall–Kier alpha value is -0.890. The second-order valence-corrected chi connectivity index (χ2v) is 5.23. The van der Waals surface area contributed by atoms with E-state index in [1.54, 1.807) is 11.8 Å². The lowest BCUT2D eigenvalue weighted by Crippen LogP contribution is -2.13. The molecule has 0 unspecified atom stereocenters. The number of aliphatic carboxylic acids is 1. The Kier molecular flexibility index (Phi) is 5.47. The summed E-state index contributed by atoms with van der Waals surface area (Å²) in [6.07, 6.45) is 0.0938. The summed E-state index contributed by atoms with van der Waals surface area (Å²) in [5.41, 5.74) is 0. The highest BCUT2D eigenvalue weighted by atomic mass is 32.2. The molecule has 0 amide bonds. The molecule has 0 saturated carbocycles. The summed E-state index contributed by atoms with van der Waals surface area (Å²) in [4.78, 5) is 10.3. The highest BCUT2D eigenvalue weighted by Crippen LogP contribution is 2.17. The van der Waals surface area contributed by atoms with Crippen LogP contribution in [0.2, 0.25) is 0 Å². The quantitative estimate of drug-likeness (QED) is 0.554. The van der Waals surface area contributed by atoms with Crippen molar-refractivity contribution in [2.45, 2.75) is 24.3 Å². The fourth-order valence-corrected chi connectivity index (χ4v) is 2.31. The largest absolute Gasteiger partial charge is 0.481 e. The van der Waals surface area contributed by atoms with E-state index in [-0.39, 0.29) is 6.42 Å². The van der Waals surface area contributed by atoms with Gasteiger partial charge in [-0.3, -0.25) is 4.79 Å². The van der Waals surface area contributed by atoms with Crippen molar-refractivity contribution in [3.05, 3.63) is 5.82 Å². The van der Waals surface area contributed by atoms with E-state index in [9.17, 15) is 4.79 Å². The zero-order valence-corrected chi connectivity index (χ0v) is 10.6. The Morgan fingerprint density at radius 1 is 1.56 bits per heavy atom. The van der Waals surface area contributed by atoms with E-state index < -0.39 is 5.97 Å². The predicted molar refractivity (Wildman–Crippen MR) is 65.0 cm³/mol. The molecule has 0 aliphatic carbocycles. The van der Waals surface area contributed by atoms with Crippen molar-refractivity contribution in [1.29, 1.82) is 0 Å². The zero-order chi connectivity index (χ0) is 12.0. The number of nitrogens with two attached hydrogens (primary N) is 1. The normalized spacial score (nSPS) is 10.6. The molecule has 8 heteroatoms. The molecule has 0 saturated heterocycles. The maximum atomic E-state index is 10.3. The van der Waals surface area contributed by atoms with Crippen molar-refractivity contribution in [2.24, 2.45) is 0 Å².